The molecule has 13 heteroatoms. The summed E-state index contributed by atoms with van der Waals surface area (Å²) in [7, 11) is -1.85. The van der Waals surface area contributed by atoms with Crippen molar-refractivity contribution in [2.75, 3.05) is 38.8 Å². The molecule has 1 spiro atoms. The van der Waals surface area contributed by atoms with Gasteiger partial charge in [0, 0.05) is 29.1 Å². The van der Waals surface area contributed by atoms with Crippen molar-refractivity contribution < 1.29 is 42.1 Å². The lowest BCUT2D eigenvalue weighted by atomic mass is 9.66. The van der Waals surface area contributed by atoms with Gasteiger partial charge in [-0.15, -0.1) is 0 Å². The summed E-state index contributed by atoms with van der Waals surface area (Å²) in [6.45, 7) is 4.75. The van der Waals surface area contributed by atoms with Gasteiger partial charge >= 0.3 is 11.9 Å². The van der Waals surface area contributed by atoms with Gasteiger partial charge in [-0.25, -0.2) is 13.1 Å². The van der Waals surface area contributed by atoms with Crippen molar-refractivity contribution in [1.29, 1.82) is 0 Å². The van der Waals surface area contributed by atoms with Crippen LogP contribution in [0.1, 0.15) is 73.9 Å². The standard InChI is InChI=1S/C37H47ClN2O9S/c1-21-14-26(33(35(43)47-3)36(44)48-4)17-31(41)28-10-7-25(28)18-40-19-37(13-5-6-23-15-27(38)9-11-29(23)37)20-49-32-12-8-24(16-30(32)40)34(42)39-50(45,46)22(21)2/h8-9,11-12,15-16,21-22,25-26,28,31,33,41H,5-7,10,13-14,17-20H2,1-4H3,(H,39,42)/t21?,22-,25+,26+,28-,31+,37+/m1/s1. The highest BCUT2D eigenvalue weighted by molar-refractivity contribution is 7.90. The lowest BCUT2D eigenvalue weighted by Gasteiger charge is -2.46. The highest BCUT2D eigenvalue weighted by Crippen LogP contribution is 2.47. The highest BCUT2D eigenvalue weighted by atomic mass is 35.5. The summed E-state index contributed by atoms with van der Waals surface area (Å²) in [5.41, 5.74) is 2.88. The first-order valence-corrected chi connectivity index (χ1v) is 19.4. The zero-order valence-corrected chi connectivity index (χ0v) is 30.6. The molecule has 0 aromatic heterocycles. The summed E-state index contributed by atoms with van der Waals surface area (Å²) in [6, 6.07) is 11.1. The lowest BCUT2D eigenvalue weighted by molar-refractivity contribution is -0.162. The molecule has 0 saturated heterocycles. The van der Waals surface area contributed by atoms with Gasteiger partial charge in [-0.2, -0.15) is 0 Å². The number of hydrogen-bond acceptors (Lipinski definition) is 10. The van der Waals surface area contributed by atoms with E-state index >= 15 is 0 Å². The van der Waals surface area contributed by atoms with Crippen LogP contribution < -0.4 is 14.4 Å². The maximum atomic E-state index is 13.6. The van der Waals surface area contributed by atoms with Crippen molar-refractivity contribution >= 4 is 45.2 Å². The molecule has 2 aromatic rings. The van der Waals surface area contributed by atoms with Gasteiger partial charge < -0.3 is 24.2 Å². The average Bonchev–Trinajstić information content (AvgIpc) is 3.22. The lowest BCUT2D eigenvalue weighted by Crippen LogP contribution is -2.50. The molecule has 2 N–H and O–H groups in total. The number of methoxy groups -OCH3 is 2. The molecule has 272 valence electrons. The van der Waals surface area contributed by atoms with Gasteiger partial charge in [0.25, 0.3) is 5.91 Å². The number of hydrogen-bond donors (Lipinski definition) is 2. The topological polar surface area (TPSA) is 149 Å². The number of nitrogens with zero attached hydrogens (tertiary/aromatic N) is 1. The fraction of sp³-hybridized carbons (Fsp3) is 0.595. The van der Waals surface area contributed by atoms with Crippen LogP contribution in [-0.4, -0.2) is 76.6 Å². The van der Waals surface area contributed by atoms with E-state index in [1.54, 1.807) is 25.1 Å². The first-order valence-electron chi connectivity index (χ1n) is 17.5. The number of aryl methyl sites for hydroxylation is 1. The van der Waals surface area contributed by atoms with Gasteiger partial charge in [0.1, 0.15) is 5.75 Å². The van der Waals surface area contributed by atoms with Gasteiger partial charge in [-0.1, -0.05) is 24.6 Å². The first-order chi connectivity index (χ1) is 23.8. The van der Waals surface area contributed by atoms with Crippen LogP contribution in [0.25, 0.3) is 0 Å². The molecule has 1 saturated carbocycles. The number of sulfonamides is 1. The van der Waals surface area contributed by atoms with Crippen LogP contribution in [-0.2, 0) is 40.9 Å². The summed E-state index contributed by atoms with van der Waals surface area (Å²) in [5, 5.41) is 11.4. The minimum absolute atomic E-state index is 0.0683. The third-order valence-corrected chi connectivity index (χ3v) is 14.0. The number of ether oxygens (including phenoxy) is 3. The minimum atomic E-state index is -4.21. The second-order valence-electron chi connectivity index (χ2n) is 14.8. The fourth-order valence-electron chi connectivity index (χ4n) is 8.71. The molecule has 1 unspecified atom stereocenters. The van der Waals surface area contributed by atoms with Crippen LogP contribution >= 0.6 is 11.6 Å². The maximum absolute atomic E-state index is 13.6. The Kier molecular flexibility index (Phi) is 10.5. The van der Waals surface area contributed by atoms with E-state index in [0.717, 1.165) is 32.1 Å². The minimum Gasteiger partial charge on any atom is -0.490 e. The quantitative estimate of drug-likeness (QED) is 0.338. The molecule has 7 atom stereocenters. The van der Waals surface area contributed by atoms with E-state index in [4.69, 9.17) is 25.8 Å². The molecule has 11 nitrogen and oxygen atoms in total. The number of carbonyl (C=O) groups excluding carboxylic acids is 3. The molecule has 50 heavy (non-hydrogen) atoms. The van der Waals surface area contributed by atoms with Crippen LogP contribution in [0.15, 0.2) is 36.4 Å². The number of aliphatic hydroxyl groups is 1. The molecule has 2 aliphatic carbocycles. The van der Waals surface area contributed by atoms with E-state index in [1.807, 2.05) is 12.1 Å². The monoisotopic (exact) mass is 730 g/mol. The fourth-order valence-corrected chi connectivity index (χ4v) is 10.2. The molecular weight excluding hydrogens is 684 g/mol. The number of rotatable bonds is 3. The highest BCUT2D eigenvalue weighted by Gasteiger charge is 2.47. The number of amides is 1. The Bertz CT molecular complexity index is 1740. The van der Waals surface area contributed by atoms with Crippen molar-refractivity contribution in [3.8, 4) is 5.75 Å². The molecule has 1 amide bonds. The normalized spacial score (nSPS) is 30.9. The molecule has 0 radical (unpaired) electrons. The molecule has 2 bridgehead atoms. The van der Waals surface area contributed by atoms with E-state index in [1.165, 1.54) is 32.3 Å². The SMILES string of the molecule is COC(=O)C(C(=O)OC)[C@H]1CC(C)[C@@H](C)S(=O)(=O)NC(=O)c2ccc3c(c2)N(C[C@@H]2CC[C@H]2[C@@H](O)C1)C[C@@]1(CCCc2cc(Cl)ccc21)CO3. The average molecular weight is 731 g/mol. The largest absolute Gasteiger partial charge is 0.490 e. The molecule has 2 aromatic carbocycles. The predicted molar refractivity (Wildman–Crippen MR) is 188 cm³/mol. The first kappa shape index (κ1) is 36.4. The molecule has 2 heterocycles. The summed E-state index contributed by atoms with van der Waals surface area (Å²) < 4.78 is 46.0. The third kappa shape index (κ3) is 6.95. The number of nitrogens with one attached hydrogen (secondary N) is 1. The van der Waals surface area contributed by atoms with Crippen molar-refractivity contribution in [1.82, 2.24) is 4.72 Å². The summed E-state index contributed by atoms with van der Waals surface area (Å²) in [6.07, 6.45) is 3.66. The van der Waals surface area contributed by atoms with Crippen molar-refractivity contribution in [2.24, 2.45) is 29.6 Å². The van der Waals surface area contributed by atoms with Gasteiger partial charge in [-0.05, 0) is 117 Å². The molecular formula is C37H47ClN2O9S. The van der Waals surface area contributed by atoms with Crippen LogP contribution in [0.3, 0.4) is 0 Å². The van der Waals surface area contributed by atoms with Crippen molar-refractivity contribution in [2.45, 2.75) is 75.6 Å². The molecule has 1 fully saturated rings. The van der Waals surface area contributed by atoms with Crippen molar-refractivity contribution in [3.05, 3.63) is 58.1 Å². The van der Waals surface area contributed by atoms with Gasteiger partial charge in [0.05, 0.1) is 37.9 Å². The number of aliphatic hydroxyl groups excluding tert-OH is 1. The predicted octanol–water partition coefficient (Wildman–Crippen LogP) is 4.66. The van der Waals surface area contributed by atoms with E-state index in [-0.39, 0.29) is 35.7 Å². The maximum Gasteiger partial charge on any atom is 0.320 e. The Balaban J connectivity index is 1.42. The number of halogens is 1. The van der Waals surface area contributed by atoms with Crippen LogP contribution in [0.4, 0.5) is 5.69 Å². The second-order valence-corrected chi connectivity index (χ2v) is 17.2. The van der Waals surface area contributed by atoms with E-state index < -0.39 is 57.0 Å². The van der Waals surface area contributed by atoms with Crippen molar-refractivity contribution in [3.63, 3.8) is 0 Å². The molecule has 2 aliphatic heterocycles. The van der Waals surface area contributed by atoms with Crippen LogP contribution in [0.5, 0.6) is 5.75 Å². The zero-order valence-electron chi connectivity index (χ0n) is 29.0. The Labute approximate surface area is 299 Å². The van der Waals surface area contributed by atoms with Crippen LogP contribution in [0, 0.1) is 29.6 Å². The number of fused-ring (bicyclic) bond motifs is 4. The second kappa shape index (κ2) is 14.3. The summed E-state index contributed by atoms with van der Waals surface area (Å²) >= 11 is 6.41. The Morgan fingerprint density at radius 1 is 1.08 bits per heavy atom. The summed E-state index contributed by atoms with van der Waals surface area (Å²) in [5.74, 6) is -4.58. The van der Waals surface area contributed by atoms with Gasteiger partial charge in [0.15, 0.2) is 5.92 Å². The van der Waals surface area contributed by atoms with Gasteiger partial charge in [-0.3, -0.25) is 14.4 Å². The van der Waals surface area contributed by atoms with E-state index in [0.29, 0.717) is 36.2 Å². The Morgan fingerprint density at radius 2 is 1.82 bits per heavy atom. The van der Waals surface area contributed by atoms with E-state index in [9.17, 15) is 27.9 Å². The van der Waals surface area contributed by atoms with E-state index in [2.05, 4.69) is 15.7 Å². The number of carbonyl (C=O) groups is 3. The smallest absolute Gasteiger partial charge is 0.320 e. The molecule has 6 rings (SSSR count). The zero-order chi connectivity index (χ0) is 36.0. The third-order valence-electron chi connectivity index (χ3n) is 11.9. The van der Waals surface area contributed by atoms with Crippen LogP contribution in [0.2, 0.25) is 5.02 Å². The summed E-state index contributed by atoms with van der Waals surface area (Å²) in [4.78, 5) is 41.8. The number of anilines is 1. The molecule has 4 aliphatic rings. The van der Waals surface area contributed by atoms with Gasteiger partial charge in [0.2, 0.25) is 10.0 Å². The number of benzene rings is 2. The Hall–Kier alpha value is -3.35. The number of esters is 2. The Morgan fingerprint density at radius 3 is 2.50 bits per heavy atom.